The van der Waals surface area contributed by atoms with Crippen molar-refractivity contribution in [3.05, 3.63) is 65.1 Å². The molecule has 0 aliphatic rings. The third-order valence-electron chi connectivity index (χ3n) is 4.19. The number of hydrogen-bond acceptors (Lipinski definition) is 8. The Bertz CT molecular complexity index is 1140. The van der Waals surface area contributed by atoms with Crippen molar-refractivity contribution in [1.29, 1.82) is 0 Å². The van der Waals surface area contributed by atoms with Crippen molar-refractivity contribution in [2.75, 3.05) is 0 Å². The van der Waals surface area contributed by atoms with E-state index >= 15 is 0 Å². The van der Waals surface area contributed by atoms with Gasteiger partial charge in [0.25, 0.3) is 11.7 Å². The van der Waals surface area contributed by atoms with Crippen LogP contribution in [0.4, 0.5) is 4.39 Å². The number of carbonyl (C=O) groups excluding carboxylic acids is 1. The predicted octanol–water partition coefficient (Wildman–Crippen LogP) is 4.39. The molecule has 1 aromatic carbocycles. The molecular formula is C20H18FN5O3S. The Balaban J connectivity index is 1.61. The molecule has 10 heteroatoms. The fourth-order valence-electron chi connectivity index (χ4n) is 2.75. The summed E-state index contributed by atoms with van der Waals surface area (Å²) in [6.07, 6.45) is 0.806. The number of esters is 1. The summed E-state index contributed by atoms with van der Waals surface area (Å²) in [4.78, 5) is 22.1. The summed E-state index contributed by atoms with van der Waals surface area (Å²) in [5.74, 6) is 0.0165. The molecule has 0 spiro atoms. The number of rotatable bonds is 7. The van der Waals surface area contributed by atoms with E-state index in [0.717, 1.165) is 11.3 Å². The van der Waals surface area contributed by atoms with Gasteiger partial charge < -0.3 is 9.26 Å². The van der Waals surface area contributed by atoms with Gasteiger partial charge in [-0.2, -0.15) is 9.97 Å². The van der Waals surface area contributed by atoms with Crippen molar-refractivity contribution in [3.63, 3.8) is 0 Å². The number of carbonyl (C=O) groups is 1. The quantitative estimate of drug-likeness (QED) is 0.404. The molecule has 1 atom stereocenters. The normalized spacial score (nSPS) is 12.1. The molecule has 0 bridgehead atoms. The second-order valence-electron chi connectivity index (χ2n) is 6.47. The molecule has 3 aromatic heterocycles. The van der Waals surface area contributed by atoms with Gasteiger partial charge in [-0.05, 0) is 49.1 Å². The van der Waals surface area contributed by atoms with E-state index in [0.29, 0.717) is 23.8 Å². The lowest BCUT2D eigenvalue weighted by atomic mass is 10.3. The first kappa shape index (κ1) is 19.9. The number of aromatic nitrogens is 5. The molecule has 0 aliphatic heterocycles. The molecular weight excluding hydrogens is 409 g/mol. The molecule has 0 fully saturated rings. The van der Waals surface area contributed by atoms with E-state index in [1.54, 1.807) is 19.1 Å². The van der Waals surface area contributed by atoms with E-state index in [4.69, 9.17) is 9.26 Å². The average molecular weight is 427 g/mol. The highest BCUT2D eigenvalue weighted by Crippen LogP contribution is 2.26. The Morgan fingerprint density at radius 3 is 2.77 bits per heavy atom. The van der Waals surface area contributed by atoms with Gasteiger partial charge in [-0.1, -0.05) is 18.1 Å². The van der Waals surface area contributed by atoms with Gasteiger partial charge in [0.05, 0.1) is 10.6 Å². The van der Waals surface area contributed by atoms with E-state index in [1.807, 2.05) is 24.4 Å². The monoisotopic (exact) mass is 427 g/mol. The van der Waals surface area contributed by atoms with Crippen molar-refractivity contribution >= 4 is 17.3 Å². The van der Waals surface area contributed by atoms with Crippen LogP contribution >= 0.6 is 11.3 Å². The molecule has 0 saturated carbocycles. The van der Waals surface area contributed by atoms with Gasteiger partial charge in [-0.3, -0.25) is 0 Å². The number of hydrogen-bond donors (Lipinski definition) is 0. The maximum absolute atomic E-state index is 13.3. The van der Waals surface area contributed by atoms with Crippen LogP contribution in [0.15, 0.2) is 46.3 Å². The SMILES string of the molecule is CCCc1noc(C(C)OC(=O)c2nc(-c3cccs3)n(-c3ccc(F)cc3)n2)n1. The zero-order valence-corrected chi connectivity index (χ0v) is 17.1. The molecule has 154 valence electrons. The van der Waals surface area contributed by atoms with Crippen molar-refractivity contribution in [2.24, 2.45) is 0 Å². The smallest absolute Gasteiger partial charge is 0.379 e. The number of thiophene rings is 1. The lowest BCUT2D eigenvalue weighted by molar-refractivity contribution is 0.0251. The topological polar surface area (TPSA) is 95.9 Å². The van der Waals surface area contributed by atoms with Crippen LogP contribution in [0.1, 0.15) is 48.7 Å². The van der Waals surface area contributed by atoms with Gasteiger partial charge in [0.1, 0.15) is 5.82 Å². The second-order valence-corrected chi connectivity index (χ2v) is 7.42. The van der Waals surface area contributed by atoms with Crippen molar-refractivity contribution in [2.45, 2.75) is 32.8 Å². The van der Waals surface area contributed by atoms with Crippen LogP contribution in [0.25, 0.3) is 16.4 Å². The average Bonchev–Trinajstić information content (AvgIpc) is 3.49. The first-order valence-electron chi connectivity index (χ1n) is 9.35. The second kappa shape index (κ2) is 8.54. The molecule has 1 unspecified atom stereocenters. The van der Waals surface area contributed by atoms with E-state index < -0.39 is 12.1 Å². The minimum absolute atomic E-state index is 0.122. The maximum Gasteiger partial charge on any atom is 0.379 e. The van der Waals surface area contributed by atoms with E-state index in [1.165, 1.54) is 28.2 Å². The Hall–Kier alpha value is -3.40. The largest absolute Gasteiger partial charge is 0.447 e. The minimum Gasteiger partial charge on any atom is -0.447 e. The first-order valence-corrected chi connectivity index (χ1v) is 10.2. The standard InChI is InChI=1S/C20H18FN5O3S/c1-3-5-16-22-19(29-25-16)12(2)28-20(27)17-23-18(15-6-4-11-30-15)26(24-17)14-9-7-13(21)8-10-14/h4,6-12H,3,5H2,1-2H3. The van der Waals surface area contributed by atoms with Crippen LogP contribution in [0, 0.1) is 5.82 Å². The van der Waals surface area contributed by atoms with Gasteiger partial charge in [0.15, 0.2) is 17.8 Å². The van der Waals surface area contributed by atoms with Crippen LogP contribution in [0.5, 0.6) is 0 Å². The number of halogens is 1. The van der Waals surface area contributed by atoms with Gasteiger partial charge in [-0.25, -0.2) is 13.9 Å². The zero-order chi connectivity index (χ0) is 21.1. The molecule has 4 aromatic rings. The number of benzene rings is 1. The molecule has 0 radical (unpaired) electrons. The molecule has 0 amide bonds. The van der Waals surface area contributed by atoms with E-state index in [-0.39, 0.29) is 17.5 Å². The van der Waals surface area contributed by atoms with Gasteiger partial charge >= 0.3 is 5.97 Å². The highest BCUT2D eigenvalue weighted by molar-refractivity contribution is 7.13. The van der Waals surface area contributed by atoms with E-state index in [9.17, 15) is 9.18 Å². The highest BCUT2D eigenvalue weighted by Gasteiger charge is 2.25. The fraction of sp³-hybridized carbons (Fsp3) is 0.250. The molecule has 0 aliphatic carbocycles. The summed E-state index contributed by atoms with van der Waals surface area (Å²) in [6, 6.07) is 9.49. The number of aryl methyl sites for hydroxylation is 1. The van der Waals surface area contributed by atoms with Crippen molar-refractivity contribution in [3.8, 4) is 16.4 Å². The van der Waals surface area contributed by atoms with Crippen LogP contribution < -0.4 is 0 Å². The zero-order valence-electron chi connectivity index (χ0n) is 16.3. The van der Waals surface area contributed by atoms with Gasteiger partial charge in [0.2, 0.25) is 0 Å². The van der Waals surface area contributed by atoms with Crippen molar-refractivity contribution < 1.29 is 18.4 Å². The van der Waals surface area contributed by atoms with Crippen LogP contribution in [0.2, 0.25) is 0 Å². The Morgan fingerprint density at radius 2 is 2.07 bits per heavy atom. The summed E-state index contributed by atoms with van der Waals surface area (Å²) < 4.78 is 25.4. The Labute approximate surface area is 175 Å². The van der Waals surface area contributed by atoms with Crippen molar-refractivity contribution in [1.82, 2.24) is 24.9 Å². The third-order valence-corrected chi connectivity index (χ3v) is 5.06. The lowest BCUT2D eigenvalue weighted by Gasteiger charge is -2.06. The summed E-state index contributed by atoms with van der Waals surface area (Å²) >= 11 is 1.45. The fourth-order valence-corrected chi connectivity index (χ4v) is 3.45. The summed E-state index contributed by atoms with van der Waals surface area (Å²) in [6.45, 7) is 3.64. The summed E-state index contributed by atoms with van der Waals surface area (Å²) in [5, 5.41) is 10.1. The highest BCUT2D eigenvalue weighted by atomic mass is 32.1. The number of ether oxygens (including phenoxy) is 1. The van der Waals surface area contributed by atoms with Crippen LogP contribution in [0.3, 0.4) is 0 Å². The predicted molar refractivity (Wildman–Crippen MR) is 107 cm³/mol. The third kappa shape index (κ3) is 4.13. The lowest BCUT2D eigenvalue weighted by Crippen LogP contribution is -2.12. The minimum atomic E-state index is -0.751. The van der Waals surface area contributed by atoms with E-state index in [2.05, 4.69) is 20.2 Å². The van der Waals surface area contributed by atoms with Gasteiger partial charge in [0, 0.05) is 6.42 Å². The summed E-state index contributed by atoms with van der Waals surface area (Å²) in [5.41, 5.74) is 0.570. The molecule has 0 N–H and O–H groups in total. The molecule has 3 heterocycles. The molecule has 4 rings (SSSR count). The first-order chi connectivity index (χ1) is 14.5. The van der Waals surface area contributed by atoms with Crippen LogP contribution in [-0.2, 0) is 11.2 Å². The number of nitrogens with zero attached hydrogens (tertiary/aromatic N) is 5. The molecule has 0 saturated heterocycles. The Morgan fingerprint density at radius 1 is 1.27 bits per heavy atom. The molecule has 30 heavy (non-hydrogen) atoms. The maximum atomic E-state index is 13.3. The molecule has 8 nitrogen and oxygen atoms in total. The summed E-state index contributed by atoms with van der Waals surface area (Å²) in [7, 11) is 0. The van der Waals surface area contributed by atoms with Crippen LogP contribution in [-0.4, -0.2) is 30.9 Å². The Kier molecular flexibility index (Phi) is 5.66. The van der Waals surface area contributed by atoms with Gasteiger partial charge in [-0.15, -0.1) is 16.4 Å².